The van der Waals surface area contributed by atoms with Crippen LogP contribution in [-0.2, 0) is 6.54 Å². The summed E-state index contributed by atoms with van der Waals surface area (Å²) in [4.78, 5) is 2.60. The van der Waals surface area contributed by atoms with Crippen molar-refractivity contribution in [3.8, 4) is 0 Å². The van der Waals surface area contributed by atoms with E-state index in [2.05, 4.69) is 35.2 Å². The molecule has 2 nitrogen and oxygen atoms in total. The third-order valence-corrected chi connectivity index (χ3v) is 4.65. The Morgan fingerprint density at radius 1 is 1.11 bits per heavy atom. The molecular formula is C16H23NO. The quantitative estimate of drug-likeness (QED) is 0.866. The summed E-state index contributed by atoms with van der Waals surface area (Å²) < 4.78 is 0. The van der Waals surface area contributed by atoms with Crippen molar-refractivity contribution in [1.82, 2.24) is 4.90 Å². The van der Waals surface area contributed by atoms with E-state index < -0.39 is 0 Å². The summed E-state index contributed by atoms with van der Waals surface area (Å²) in [6.07, 6.45) is 5.84. The lowest BCUT2D eigenvalue weighted by atomic mass is 9.77. The van der Waals surface area contributed by atoms with Gasteiger partial charge < -0.3 is 5.11 Å². The molecule has 0 amide bonds. The van der Waals surface area contributed by atoms with Crippen molar-refractivity contribution in [3.05, 3.63) is 35.9 Å². The Morgan fingerprint density at radius 2 is 1.94 bits per heavy atom. The molecule has 98 valence electrons. The molecule has 0 spiro atoms. The molecule has 0 unspecified atom stereocenters. The maximum atomic E-state index is 9.91. The monoisotopic (exact) mass is 245 g/mol. The van der Waals surface area contributed by atoms with Gasteiger partial charge in [-0.3, -0.25) is 4.90 Å². The second-order valence-electron chi connectivity index (χ2n) is 5.89. The van der Waals surface area contributed by atoms with Gasteiger partial charge in [-0.05, 0) is 50.1 Å². The highest BCUT2D eigenvalue weighted by Crippen LogP contribution is 2.36. The molecular weight excluding hydrogens is 222 g/mol. The third-order valence-electron chi connectivity index (χ3n) is 4.65. The number of aliphatic hydroxyl groups excluding tert-OH is 1. The highest BCUT2D eigenvalue weighted by atomic mass is 16.3. The molecule has 1 saturated heterocycles. The molecule has 0 aromatic heterocycles. The first-order chi connectivity index (χ1) is 8.83. The molecule has 1 aliphatic heterocycles. The second kappa shape index (κ2) is 5.41. The summed E-state index contributed by atoms with van der Waals surface area (Å²) in [5, 5.41) is 9.91. The number of hydrogen-bond acceptors (Lipinski definition) is 2. The van der Waals surface area contributed by atoms with E-state index in [0.29, 0.717) is 6.04 Å². The highest BCUT2D eigenvalue weighted by Gasteiger charge is 2.35. The van der Waals surface area contributed by atoms with Crippen LogP contribution < -0.4 is 0 Å². The van der Waals surface area contributed by atoms with Crippen LogP contribution in [0.25, 0.3) is 0 Å². The zero-order chi connectivity index (χ0) is 12.4. The third kappa shape index (κ3) is 2.60. The van der Waals surface area contributed by atoms with E-state index >= 15 is 0 Å². The molecule has 3 atom stereocenters. The molecule has 1 heterocycles. The van der Waals surface area contributed by atoms with Crippen molar-refractivity contribution < 1.29 is 5.11 Å². The Bertz CT molecular complexity index is 378. The van der Waals surface area contributed by atoms with Gasteiger partial charge in [-0.2, -0.15) is 0 Å². The summed E-state index contributed by atoms with van der Waals surface area (Å²) in [6, 6.07) is 11.3. The molecule has 1 aromatic rings. The van der Waals surface area contributed by atoms with E-state index in [0.717, 1.165) is 25.3 Å². The Morgan fingerprint density at radius 3 is 2.78 bits per heavy atom. The molecule has 0 radical (unpaired) electrons. The largest absolute Gasteiger partial charge is 0.393 e. The number of benzene rings is 1. The number of nitrogens with zero attached hydrogens (tertiary/aromatic N) is 1. The summed E-state index contributed by atoms with van der Waals surface area (Å²) in [6.45, 7) is 2.25. The maximum absolute atomic E-state index is 9.91. The van der Waals surface area contributed by atoms with Crippen LogP contribution in [0.1, 0.15) is 37.7 Å². The molecule has 0 bridgehead atoms. The van der Waals surface area contributed by atoms with Crippen LogP contribution in [0.2, 0.25) is 0 Å². The number of aliphatic hydroxyl groups is 1. The van der Waals surface area contributed by atoms with E-state index in [9.17, 15) is 5.11 Å². The van der Waals surface area contributed by atoms with Crippen LogP contribution in [0.3, 0.4) is 0 Å². The van der Waals surface area contributed by atoms with Crippen molar-refractivity contribution in [2.75, 3.05) is 6.54 Å². The maximum Gasteiger partial charge on any atom is 0.0555 e. The van der Waals surface area contributed by atoms with E-state index in [4.69, 9.17) is 0 Å². The minimum atomic E-state index is -0.0670. The number of hydrogen-bond donors (Lipinski definition) is 1. The SMILES string of the molecule is O[C@H]1CC[C@@H]2CCCN(Cc3ccccc3)[C@H]2C1. The predicted octanol–water partition coefficient (Wildman–Crippen LogP) is 2.81. The number of rotatable bonds is 2. The van der Waals surface area contributed by atoms with E-state index in [1.54, 1.807) is 0 Å². The molecule has 1 aromatic carbocycles. The van der Waals surface area contributed by atoms with Gasteiger partial charge in [0.25, 0.3) is 0 Å². The van der Waals surface area contributed by atoms with Gasteiger partial charge in [0.2, 0.25) is 0 Å². The molecule has 18 heavy (non-hydrogen) atoms. The van der Waals surface area contributed by atoms with Crippen LogP contribution in [-0.4, -0.2) is 28.7 Å². The van der Waals surface area contributed by atoms with Gasteiger partial charge in [-0.25, -0.2) is 0 Å². The van der Waals surface area contributed by atoms with Gasteiger partial charge >= 0.3 is 0 Å². The fourth-order valence-corrected chi connectivity index (χ4v) is 3.71. The topological polar surface area (TPSA) is 23.5 Å². The number of likely N-dealkylation sites (tertiary alicyclic amines) is 1. The summed E-state index contributed by atoms with van der Waals surface area (Å²) in [7, 11) is 0. The summed E-state index contributed by atoms with van der Waals surface area (Å²) in [5.74, 6) is 0.825. The Balaban J connectivity index is 1.70. The Kier molecular flexibility index (Phi) is 3.67. The minimum absolute atomic E-state index is 0.0670. The van der Waals surface area contributed by atoms with Gasteiger partial charge in [0, 0.05) is 12.6 Å². The lowest BCUT2D eigenvalue weighted by Gasteiger charge is -2.45. The van der Waals surface area contributed by atoms with Crippen LogP contribution in [0.5, 0.6) is 0 Å². The molecule has 3 rings (SSSR count). The molecule has 1 N–H and O–H groups in total. The average Bonchev–Trinajstić information content (AvgIpc) is 2.41. The molecule has 1 saturated carbocycles. The molecule has 2 heteroatoms. The van der Waals surface area contributed by atoms with Gasteiger partial charge in [0.15, 0.2) is 0 Å². The zero-order valence-electron chi connectivity index (χ0n) is 11.0. The van der Waals surface area contributed by atoms with Crippen molar-refractivity contribution in [2.24, 2.45) is 5.92 Å². The second-order valence-corrected chi connectivity index (χ2v) is 5.89. The number of piperidine rings is 1. The Hall–Kier alpha value is -0.860. The number of fused-ring (bicyclic) bond motifs is 1. The van der Waals surface area contributed by atoms with Gasteiger partial charge in [-0.1, -0.05) is 30.3 Å². The molecule has 2 aliphatic rings. The normalized spacial score (nSPS) is 33.1. The van der Waals surface area contributed by atoms with E-state index in [1.807, 2.05) is 0 Å². The highest BCUT2D eigenvalue weighted by molar-refractivity contribution is 5.15. The first kappa shape index (κ1) is 12.2. The smallest absolute Gasteiger partial charge is 0.0555 e. The average molecular weight is 245 g/mol. The van der Waals surface area contributed by atoms with Crippen LogP contribution in [0, 0.1) is 5.92 Å². The first-order valence-electron chi connectivity index (χ1n) is 7.29. The van der Waals surface area contributed by atoms with Gasteiger partial charge in [0.1, 0.15) is 0 Å². The Labute approximate surface area is 110 Å². The summed E-state index contributed by atoms with van der Waals surface area (Å²) >= 11 is 0. The molecule has 1 aliphatic carbocycles. The molecule has 2 fully saturated rings. The predicted molar refractivity (Wildman–Crippen MR) is 73.2 cm³/mol. The fourth-order valence-electron chi connectivity index (χ4n) is 3.71. The van der Waals surface area contributed by atoms with Crippen molar-refractivity contribution >= 4 is 0 Å². The van der Waals surface area contributed by atoms with Crippen molar-refractivity contribution in [3.63, 3.8) is 0 Å². The summed E-state index contributed by atoms with van der Waals surface area (Å²) in [5.41, 5.74) is 1.40. The van der Waals surface area contributed by atoms with Crippen LogP contribution >= 0.6 is 0 Å². The van der Waals surface area contributed by atoms with Gasteiger partial charge in [-0.15, -0.1) is 0 Å². The fraction of sp³-hybridized carbons (Fsp3) is 0.625. The lowest BCUT2D eigenvalue weighted by molar-refractivity contribution is -0.00178. The van der Waals surface area contributed by atoms with Gasteiger partial charge in [0.05, 0.1) is 6.10 Å². The van der Waals surface area contributed by atoms with Crippen LogP contribution in [0.15, 0.2) is 30.3 Å². The lowest BCUT2D eigenvalue weighted by Crippen LogP contribution is -2.48. The van der Waals surface area contributed by atoms with E-state index in [-0.39, 0.29) is 6.10 Å². The van der Waals surface area contributed by atoms with Crippen LogP contribution in [0.4, 0.5) is 0 Å². The van der Waals surface area contributed by atoms with Crippen molar-refractivity contribution in [2.45, 2.75) is 50.8 Å². The standard InChI is InChI=1S/C16H23NO/c18-15-9-8-14-7-4-10-17(16(14)11-15)12-13-5-2-1-3-6-13/h1-3,5-6,14-16,18H,4,7-12H2/t14-,15-,16-/m0/s1. The first-order valence-corrected chi connectivity index (χ1v) is 7.29. The van der Waals surface area contributed by atoms with E-state index in [1.165, 1.54) is 31.4 Å². The minimum Gasteiger partial charge on any atom is -0.393 e. The zero-order valence-corrected chi connectivity index (χ0v) is 11.0. The van der Waals surface area contributed by atoms with Crippen molar-refractivity contribution in [1.29, 1.82) is 0 Å².